The molecular weight excluding hydrogens is 396 g/mol. The summed E-state index contributed by atoms with van der Waals surface area (Å²) in [4.78, 5) is 16.0. The van der Waals surface area contributed by atoms with Crippen LogP contribution < -0.4 is 15.6 Å². The Morgan fingerprint density at radius 2 is 1.70 bits per heavy atom. The van der Waals surface area contributed by atoms with Crippen LogP contribution in [0.15, 0.2) is 88.8 Å². The van der Waals surface area contributed by atoms with E-state index in [0.29, 0.717) is 16.6 Å². The third kappa shape index (κ3) is 3.44. The maximum absolute atomic E-state index is 13.1. The summed E-state index contributed by atoms with van der Waals surface area (Å²) >= 11 is 1.49. The summed E-state index contributed by atoms with van der Waals surface area (Å²) in [6, 6.07) is 24.7. The Labute approximate surface area is 177 Å². The minimum Gasteiger partial charge on any atom is -0.508 e. The zero-order valence-corrected chi connectivity index (χ0v) is 16.8. The molecule has 2 heterocycles. The first-order valence-corrected chi connectivity index (χ1v) is 10.6. The van der Waals surface area contributed by atoms with E-state index in [4.69, 9.17) is 5.10 Å². The average Bonchev–Trinajstić information content (AvgIpc) is 2.78. The zero-order chi connectivity index (χ0) is 20.5. The Morgan fingerprint density at radius 1 is 0.967 bits per heavy atom. The van der Waals surface area contributed by atoms with Gasteiger partial charge in [-0.1, -0.05) is 54.2 Å². The smallest absolute Gasteiger partial charge is 0.325 e. The Balaban J connectivity index is 1.59. The quantitative estimate of drug-likeness (QED) is 0.350. The van der Waals surface area contributed by atoms with Gasteiger partial charge in [-0.2, -0.15) is 0 Å². The van der Waals surface area contributed by atoms with E-state index in [0.717, 1.165) is 22.4 Å². The summed E-state index contributed by atoms with van der Waals surface area (Å²) in [6.45, 7) is 0. The third-order valence-corrected chi connectivity index (χ3v) is 5.94. The van der Waals surface area contributed by atoms with Crippen molar-refractivity contribution in [3.63, 3.8) is 0 Å². The number of H-pyrrole nitrogens is 1. The Bertz CT molecular complexity index is 1260. The maximum Gasteiger partial charge on any atom is 0.325 e. The minimum atomic E-state index is -0.367. The molecule has 3 aromatic carbocycles. The summed E-state index contributed by atoms with van der Waals surface area (Å²) in [5, 5.41) is 18.5. The molecule has 0 radical (unpaired) electrons. The minimum absolute atomic E-state index is 0.182. The maximum atomic E-state index is 13.1. The summed E-state index contributed by atoms with van der Waals surface area (Å²) in [7, 11) is 0. The standard InChI is InChI=1S/C23H18N4O2S/c28-17-12-10-16(11-13-17)21-24-19-9-5-4-8-18(19)20-22(29)25-23(26-27(20)21)30-14-15-6-2-1-3-7-15/h1-13,21H,14H2,(H2,25,26,28,29)/p+1/t21-/m1/s1. The molecular formula is C23H19N4O2S+. The third-order valence-electron chi connectivity index (χ3n) is 5.01. The molecule has 6 nitrogen and oxygen atoms in total. The van der Waals surface area contributed by atoms with Crippen molar-refractivity contribution in [3.8, 4) is 17.0 Å². The summed E-state index contributed by atoms with van der Waals surface area (Å²) in [5.74, 6) is 0.898. The molecule has 7 heteroatoms. The van der Waals surface area contributed by atoms with E-state index >= 15 is 0 Å². The van der Waals surface area contributed by atoms with Crippen LogP contribution in [0.2, 0.25) is 0 Å². The SMILES string of the molecule is O=c1[nH]c(SCc2ccccc2)n[n+]2c1-c1ccccc1N[C@H]2c1ccc(O)cc1. The van der Waals surface area contributed by atoms with E-state index in [1.807, 2.05) is 66.7 Å². The molecule has 0 bridgehead atoms. The van der Waals surface area contributed by atoms with Crippen LogP contribution in [0.3, 0.4) is 0 Å². The van der Waals surface area contributed by atoms with Crippen molar-refractivity contribution in [2.75, 3.05) is 5.32 Å². The van der Waals surface area contributed by atoms with Crippen molar-refractivity contribution in [1.82, 2.24) is 10.1 Å². The molecule has 0 spiro atoms. The van der Waals surface area contributed by atoms with Crippen molar-refractivity contribution < 1.29 is 9.79 Å². The van der Waals surface area contributed by atoms with E-state index in [9.17, 15) is 9.90 Å². The second-order valence-corrected chi connectivity index (χ2v) is 7.97. The van der Waals surface area contributed by atoms with Gasteiger partial charge in [0.2, 0.25) is 5.16 Å². The Hall–Kier alpha value is -3.58. The number of phenolic OH excluding ortho intramolecular Hbond substituents is 1. The number of phenols is 1. The first-order valence-electron chi connectivity index (χ1n) is 9.57. The van der Waals surface area contributed by atoms with E-state index < -0.39 is 0 Å². The van der Waals surface area contributed by atoms with Crippen molar-refractivity contribution >= 4 is 17.4 Å². The van der Waals surface area contributed by atoms with Crippen molar-refractivity contribution in [3.05, 3.63) is 100 Å². The van der Waals surface area contributed by atoms with Crippen molar-refractivity contribution in [2.45, 2.75) is 17.1 Å². The second-order valence-electron chi connectivity index (χ2n) is 7.01. The lowest BCUT2D eigenvalue weighted by Crippen LogP contribution is -2.55. The molecule has 0 saturated carbocycles. The van der Waals surface area contributed by atoms with Gasteiger partial charge in [0.05, 0.1) is 11.3 Å². The van der Waals surface area contributed by atoms with Crippen LogP contribution in [0.5, 0.6) is 5.75 Å². The number of aromatic amines is 1. The number of thioether (sulfide) groups is 1. The van der Waals surface area contributed by atoms with E-state index in [2.05, 4.69) is 10.3 Å². The fraction of sp³-hybridized carbons (Fsp3) is 0.0870. The highest BCUT2D eigenvalue weighted by molar-refractivity contribution is 7.98. The molecule has 1 aromatic heterocycles. The molecule has 5 rings (SSSR count). The van der Waals surface area contributed by atoms with Gasteiger partial charge < -0.3 is 10.4 Å². The molecule has 3 N–H and O–H groups in total. The monoisotopic (exact) mass is 415 g/mol. The van der Waals surface area contributed by atoms with Gasteiger partial charge in [0, 0.05) is 16.4 Å². The Morgan fingerprint density at radius 3 is 2.50 bits per heavy atom. The van der Waals surface area contributed by atoms with Crippen LogP contribution >= 0.6 is 11.8 Å². The number of fused-ring (bicyclic) bond motifs is 3. The number of para-hydroxylation sites is 1. The molecule has 0 fully saturated rings. The van der Waals surface area contributed by atoms with Crippen LogP contribution in [0.1, 0.15) is 17.3 Å². The van der Waals surface area contributed by atoms with E-state index in [-0.39, 0.29) is 17.5 Å². The molecule has 0 saturated heterocycles. The summed E-state index contributed by atoms with van der Waals surface area (Å²) < 4.78 is 1.74. The molecule has 148 valence electrons. The first-order chi connectivity index (χ1) is 14.7. The normalized spacial score (nSPS) is 14.5. The highest BCUT2D eigenvalue weighted by Crippen LogP contribution is 2.32. The van der Waals surface area contributed by atoms with Crippen LogP contribution in [0.25, 0.3) is 11.3 Å². The highest BCUT2D eigenvalue weighted by Gasteiger charge is 2.37. The number of anilines is 1. The zero-order valence-electron chi connectivity index (χ0n) is 15.9. The van der Waals surface area contributed by atoms with Crippen LogP contribution in [0, 0.1) is 0 Å². The molecule has 0 amide bonds. The first kappa shape index (κ1) is 18.4. The lowest BCUT2D eigenvalue weighted by molar-refractivity contribution is -0.759. The van der Waals surface area contributed by atoms with Gasteiger partial charge in [0.1, 0.15) is 5.75 Å². The predicted octanol–water partition coefficient (Wildman–Crippen LogP) is 3.69. The highest BCUT2D eigenvalue weighted by atomic mass is 32.2. The summed E-state index contributed by atoms with van der Waals surface area (Å²) in [5.41, 5.74) is 4.05. The van der Waals surface area contributed by atoms with Gasteiger partial charge in [-0.3, -0.25) is 9.78 Å². The van der Waals surface area contributed by atoms with E-state index in [1.165, 1.54) is 11.8 Å². The predicted molar refractivity (Wildman–Crippen MR) is 116 cm³/mol. The van der Waals surface area contributed by atoms with Gasteiger partial charge in [-0.25, -0.2) is 0 Å². The number of aromatic hydroxyl groups is 1. The van der Waals surface area contributed by atoms with Crippen LogP contribution in [0.4, 0.5) is 5.69 Å². The average molecular weight is 415 g/mol. The molecule has 0 unspecified atom stereocenters. The fourth-order valence-corrected chi connectivity index (χ4v) is 4.37. The summed E-state index contributed by atoms with van der Waals surface area (Å²) in [6.07, 6.45) is -0.367. The second kappa shape index (κ2) is 7.68. The number of benzene rings is 3. The van der Waals surface area contributed by atoms with Crippen molar-refractivity contribution in [2.24, 2.45) is 0 Å². The topological polar surface area (TPSA) is 81.9 Å². The van der Waals surface area contributed by atoms with Crippen molar-refractivity contribution in [1.29, 1.82) is 0 Å². The molecule has 1 aliphatic heterocycles. The molecule has 1 aliphatic rings. The number of rotatable bonds is 4. The number of nitrogens with zero attached hydrogens (tertiary/aromatic N) is 2. The number of hydrogen-bond acceptors (Lipinski definition) is 5. The number of hydrogen-bond donors (Lipinski definition) is 3. The van der Waals surface area contributed by atoms with Gasteiger partial charge >= 0.3 is 11.3 Å². The lowest BCUT2D eigenvalue weighted by Gasteiger charge is -2.22. The molecule has 4 aromatic rings. The number of nitrogens with one attached hydrogen (secondary N) is 2. The molecule has 30 heavy (non-hydrogen) atoms. The van der Waals surface area contributed by atoms with Gasteiger partial charge in [0.15, 0.2) is 0 Å². The largest absolute Gasteiger partial charge is 0.508 e. The van der Waals surface area contributed by atoms with Crippen LogP contribution in [-0.2, 0) is 5.75 Å². The van der Waals surface area contributed by atoms with Gasteiger partial charge in [-0.05, 0) is 46.6 Å². The van der Waals surface area contributed by atoms with Crippen LogP contribution in [-0.4, -0.2) is 15.2 Å². The Kier molecular flexibility index (Phi) is 4.72. The van der Waals surface area contributed by atoms with Gasteiger partial charge in [-0.15, -0.1) is 0 Å². The van der Waals surface area contributed by atoms with Gasteiger partial charge in [0.25, 0.3) is 6.17 Å². The van der Waals surface area contributed by atoms with E-state index in [1.54, 1.807) is 16.8 Å². The lowest BCUT2D eigenvalue weighted by atomic mass is 10.0. The number of aromatic nitrogens is 3. The fourth-order valence-electron chi connectivity index (χ4n) is 3.56. The molecule has 0 aliphatic carbocycles. The molecule has 1 atom stereocenters.